The predicted octanol–water partition coefficient (Wildman–Crippen LogP) is 2.34. The Hall–Kier alpha value is -1.31. The van der Waals surface area contributed by atoms with Crippen LogP contribution < -0.4 is 10.6 Å². The van der Waals surface area contributed by atoms with Crippen LogP contribution in [0.25, 0.3) is 0 Å². The van der Waals surface area contributed by atoms with Crippen LogP contribution in [0, 0.1) is 0 Å². The Balaban J connectivity index is 0.00000208. The number of nitrogens with one attached hydrogen (secondary N) is 2. The highest BCUT2D eigenvalue weighted by Gasteiger charge is 2.39. The number of likely N-dealkylation sites (N-methyl/N-ethyl adjacent to an activating group) is 1. The van der Waals surface area contributed by atoms with Gasteiger partial charge in [-0.3, -0.25) is 9.79 Å². The van der Waals surface area contributed by atoms with Crippen molar-refractivity contribution in [1.29, 1.82) is 0 Å². The molecule has 0 spiro atoms. The SMILES string of the molecule is CCN=C(NC1CCC(=O)N(C)C1)NC1CC1c1ccccc1.I. The molecule has 2 aliphatic rings. The average Bonchev–Trinajstić information content (AvgIpc) is 3.31. The second-order valence-corrected chi connectivity index (χ2v) is 6.48. The van der Waals surface area contributed by atoms with E-state index in [-0.39, 0.29) is 35.9 Å². The molecule has 3 unspecified atom stereocenters. The first-order valence-corrected chi connectivity index (χ1v) is 8.53. The third kappa shape index (κ3) is 4.84. The molecule has 1 aromatic rings. The number of carbonyl (C=O) groups is 1. The maximum absolute atomic E-state index is 11.6. The zero-order valence-electron chi connectivity index (χ0n) is 14.4. The number of carbonyl (C=O) groups excluding carboxylic acids is 1. The van der Waals surface area contributed by atoms with Crippen LogP contribution in [-0.4, -0.2) is 49.0 Å². The lowest BCUT2D eigenvalue weighted by Gasteiger charge is -2.31. The van der Waals surface area contributed by atoms with Gasteiger partial charge in [-0.15, -0.1) is 24.0 Å². The number of piperidine rings is 1. The van der Waals surface area contributed by atoms with Crippen LogP contribution in [0.1, 0.15) is 37.7 Å². The highest BCUT2D eigenvalue weighted by Crippen LogP contribution is 2.40. The Morgan fingerprint density at radius 2 is 2.04 bits per heavy atom. The van der Waals surface area contributed by atoms with Gasteiger partial charge < -0.3 is 15.5 Å². The van der Waals surface area contributed by atoms with E-state index in [9.17, 15) is 4.79 Å². The van der Waals surface area contributed by atoms with Crippen molar-refractivity contribution >= 4 is 35.8 Å². The molecule has 1 aliphatic heterocycles. The van der Waals surface area contributed by atoms with Crippen LogP contribution in [0.4, 0.5) is 0 Å². The van der Waals surface area contributed by atoms with Crippen LogP contribution in [0.5, 0.6) is 0 Å². The van der Waals surface area contributed by atoms with E-state index in [2.05, 4.69) is 46.0 Å². The van der Waals surface area contributed by atoms with Crippen molar-refractivity contribution in [2.75, 3.05) is 20.1 Å². The lowest BCUT2D eigenvalue weighted by atomic mass is 10.1. The van der Waals surface area contributed by atoms with Crippen molar-refractivity contribution in [1.82, 2.24) is 15.5 Å². The number of nitrogens with zero attached hydrogens (tertiary/aromatic N) is 2. The van der Waals surface area contributed by atoms with Crippen molar-refractivity contribution < 1.29 is 4.79 Å². The predicted molar refractivity (Wildman–Crippen MR) is 108 cm³/mol. The van der Waals surface area contributed by atoms with E-state index < -0.39 is 0 Å². The van der Waals surface area contributed by atoms with Gasteiger partial charge in [0.1, 0.15) is 0 Å². The third-order valence-electron chi connectivity index (χ3n) is 4.62. The molecule has 1 saturated heterocycles. The van der Waals surface area contributed by atoms with Crippen molar-refractivity contribution in [3.63, 3.8) is 0 Å². The number of likely N-dealkylation sites (tertiary alicyclic amines) is 1. The van der Waals surface area contributed by atoms with Gasteiger partial charge in [-0.2, -0.15) is 0 Å². The fourth-order valence-electron chi connectivity index (χ4n) is 3.21. The first-order chi connectivity index (χ1) is 11.2. The van der Waals surface area contributed by atoms with Gasteiger partial charge in [-0.05, 0) is 25.3 Å². The number of rotatable bonds is 4. The van der Waals surface area contributed by atoms with Crippen molar-refractivity contribution in [2.24, 2.45) is 4.99 Å². The lowest BCUT2D eigenvalue weighted by Crippen LogP contribution is -2.52. The summed E-state index contributed by atoms with van der Waals surface area (Å²) in [6, 6.07) is 11.4. The Kier molecular flexibility index (Phi) is 6.89. The summed E-state index contributed by atoms with van der Waals surface area (Å²) in [5, 5.41) is 7.05. The fourth-order valence-corrected chi connectivity index (χ4v) is 3.21. The molecule has 1 heterocycles. The first kappa shape index (κ1) is 19.0. The highest BCUT2D eigenvalue weighted by atomic mass is 127. The molecule has 24 heavy (non-hydrogen) atoms. The van der Waals surface area contributed by atoms with E-state index in [0.717, 1.165) is 31.9 Å². The summed E-state index contributed by atoms with van der Waals surface area (Å²) in [4.78, 5) is 18.0. The third-order valence-corrected chi connectivity index (χ3v) is 4.62. The van der Waals surface area contributed by atoms with Crippen LogP contribution in [0.15, 0.2) is 35.3 Å². The monoisotopic (exact) mass is 442 g/mol. The van der Waals surface area contributed by atoms with Crippen LogP contribution in [-0.2, 0) is 4.79 Å². The summed E-state index contributed by atoms with van der Waals surface area (Å²) in [6.07, 6.45) is 2.64. The molecule has 1 saturated carbocycles. The number of halogens is 1. The van der Waals surface area contributed by atoms with E-state index in [0.29, 0.717) is 18.4 Å². The number of benzene rings is 1. The number of guanidine groups is 1. The van der Waals surface area contributed by atoms with Crippen molar-refractivity contribution in [3.05, 3.63) is 35.9 Å². The molecular formula is C18H27IN4O. The average molecular weight is 442 g/mol. The summed E-state index contributed by atoms with van der Waals surface area (Å²) in [5.74, 6) is 1.69. The summed E-state index contributed by atoms with van der Waals surface area (Å²) in [6.45, 7) is 3.54. The molecule has 0 radical (unpaired) electrons. The highest BCUT2D eigenvalue weighted by molar-refractivity contribution is 14.0. The minimum absolute atomic E-state index is 0. The van der Waals surface area contributed by atoms with Gasteiger partial charge in [0, 0.05) is 44.6 Å². The lowest BCUT2D eigenvalue weighted by molar-refractivity contribution is -0.132. The molecule has 132 valence electrons. The number of hydrogen-bond donors (Lipinski definition) is 2. The van der Waals surface area contributed by atoms with Gasteiger partial charge in [-0.1, -0.05) is 30.3 Å². The fraction of sp³-hybridized carbons (Fsp3) is 0.556. The van der Waals surface area contributed by atoms with Gasteiger partial charge in [0.15, 0.2) is 5.96 Å². The first-order valence-electron chi connectivity index (χ1n) is 8.53. The molecule has 3 atom stereocenters. The zero-order chi connectivity index (χ0) is 16.2. The maximum atomic E-state index is 11.6. The van der Waals surface area contributed by atoms with Gasteiger partial charge in [0.05, 0.1) is 0 Å². The zero-order valence-corrected chi connectivity index (χ0v) is 16.7. The van der Waals surface area contributed by atoms with Gasteiger partial charge in [0.2, 0.25) is 5.91 Å². The van der Waals surface area contributed by atoms with Crippen LogP contribution in [0.3, 0.4) is 0 Å². The number of aliphatic imine (C=N–C) groups is 1. The van der Waals surface area contributed by atoms with E-state index in [1.54, 1.807) is 4.90 Å². The minimum atomic E-state index is 0. The summed E-state index contributed by atoms with van der Waals surface area (Å²) >= 11 is 0. The number of amides is 1. The molecule has 2 fully saturated rings. The van der Waals surface area contributed by atoms with Crippen LogP contribution in [0.2, 0.25) is 0 Å². The Morgan fingerprint density at radius 3 is 2.71 bits per heavy atom. The molecule has 1 aliphatic carbocycles. The van der Waals surface area contributed by atoms with E-state index in [1.165, 1.54) is 5.56 Å². The smallest absolute Gasteiger partial charge is 0.222 e. The van der Waals surface area contributed by atoms with Gasteiger partial charge in [-0.25, -0.2) is 0 Å². The summed E-state index contributed by atoms with van der Waals surface area (Å²) < 4.78 is 0. The standard InChI is InChI=1S/C18H26N4O.HI/c1-3-19-18(20-14-9-10-17(23)22(2)12-14)21-16-11-15(16)13-7-5-4-6-8-13;/h4-8,14-16H,3,9-12H2,1-2H3,(H2,19,20,21);1H. The van der Waals surface area contributed by atoms with Crippen molar-refractivity contribution in [2.45, 2.75) is 44.2 Å². The van der Waals surface area contributed by atoms with E-state index in [4.69, 9.17) is 0 Å². The molecular weight excluding hydrogens is 415 g/mol. The number of hydrogen-bond acceptors (Lipinski definition) is 2. The van der Waals surface area contributed by atoms with Gasteiger partial charge >= 0.3 is 0 Å². The molecule has 0 bridgehead atoms. The van der Waals surface area contributed by atoms with E-state index in [1.807, 2.05) is 14.0 Å². The Morgan fingerprint density at radius 1 is 1.29 bits per heavy atom. The quantitative estimate of drug-likeness (QED) is 0.428. The van der Waals surface area contributed by atoms with Crippen LogP contribution >= 0.6 is 24.0 Å². The van der Waals surface area contributed by atoms with Gasteiger partial charge in [0.25, 0.3) is 0 Å². The summed E-state index contributed by atoms with van der Waals surface area (Å²) in [7, 11) is 1.87. The van der Waals surface area contributed by atoms with Crippen molar-refractivity contribution in [3.8, 4) is 0 Å². The minimum Gasteiger partial charge on any atom is -0.353 e. The largest absolute Gasteiger partial charge is 0.353 e. The molecule has 1 amide bonds. The molecule has 5 nitrogen and oxygen atoms in total. The Labute approximate surface area is 161 Å². The molecule has 6 heteroatoms. The molecule has 1 aromatic carbocycles. The second-order valence-electron chi connectivity index (χ2n) is 6.48. The topological polar surface area (TPSA) is 56.7 Å². The van der Waals surface area contributed by atoms with E-state index >= 15 is 0 Å². The molecule has 3 rings (SSSR count). The Bertz CT molecular complexity index is 578. The maximum Gasteiger partial charge on any atom is 0.222 e. The second kappa shape index (κ2) is 8.69. The summed E-state index contributed by atoms with van der Waals surface area (Å²) in [5.41, 5.74) is 1.39. The molecule has 2 N–H and O–H groups in total. The normalized spacial score (nSPS) is 26.6. The molecule has 0 aromatic heterocycles.